The number of carboxylic acid groups (broad SMARTS) is 1. The third-order valence-electron chi connectivity index (χ3n) is 2.12. The van der Waals surface area contributed by atoms with E-state index in [1.165, 1.54) is 0 Å². The number of hydrogen-bond donors (Lipinski definition) is 5. The van der Waals surface area contributed by atoms with Crippen LogP contribution >= 0.6 is 0 Å². The van der Waals surface area contributed by atoms with E-state index in [0.29, 0.717) is 26.2 Å². The summed E-state index contributed by atoms with van der Waals surface area (Å²) < 4.78 is 0. The molecule has 0 aliphatic carbocycles. The van der Waals surface area contributed by atoms with Gasteiger partial charge in [0.1, 0.15) is 6.29 Å². The van der Waals surface area contributed by atoms with Crippen molar-refractivity contribution in [2.24, 2.45) is 0 Å². The van der Waals surface area contributed by atoms with Gasteiger partial charge in [0.05, 0.1) is 13.1 Å². The van der Waals surface area contributed by atoms with E-state index in [1.807, 2.05) is 0 Å². The van der Waals surface area contributed by atoms with E-state index < -0.39 is 12.3 Å². The second-order valence-electron chi connectivity index (χ2n) is 3.73. The maximum Gasteiger partial charge on any atom is 0.317 e. The molecule has 0 aromatic carbocycles. The number of carboxylic acids is 1. The van der Waals surface area contributed by atoms with Gasteiger partial charge in [0, 0.05) is 32.7 Å². The highest BCUT2D eigenvalue weighted by atomic mass is 16.5. The first-order valence-corrected chi connectivity index (χ1v) is 5.71. The first-order valence-electron chi connectivity index (χ1n) is 5.71. The van der Waals surface area contributed by atoms with Gasteiger partial charge < -0.3 is 30.7 Å². The Morgan fingerprint density at radius 1 is 1.22 bits per heavy atom. The third kappa shape index (κ3) is 11.4. The van der Waals surface area contributed by atoms with Crippen molar-refractivity contribution in [3.05, 3.63) is 0 Å². The van der Waals surface area contributed by atoms with Crippen LogP contribution in [0.1, 0.15) is 0 Å². The van der Waals surface area contributed by atoms with E-state index in [4.69, 9.17) is 15.3 Å². The zero-order valence-electron chi connectivity index (χ0n) is 10.2. The van der Waals surface area contributed by atoms with Crippen molar-refractivity contribution in [2.45, 2.75) is 6.29 Å². The molecule has 0 saturated heterocycles. The Hall–Kier alpha value is -1.06. The minimum Gasteiger partial charge on any atom is -0.480 e. The molecule has 0 amide bonds. The van der Waals surface area contributed by atoms with E-state index in [-0.39, 0.29) is 19.6 Å². The van der Waals surface area contributed by atoms with Crippen molar-refractivity contribution in [2.75, 3.05) is 45.8 Å². The summed E-state index contributed by atoms with van der Waals surface area (Å²) in [5, 5.41) is 31.5. The fraction of sp³-hybridized carbons (Fsp3) is 0.800. The minimum absolute atomic E-state index is 0.0459. The molecule has 0 unspecified atom stereocenters. The van der Waals surface area contributed by atoms with Gasteiger partial charge in [-0.05, 0) is 0 Å². The molecule has 0 aromatic rings. The maximum absolute atomic E-state index is 10.6. The van der Waals surface area contributed by atoms with Gasteiger partial charge >= 0.3 is 5.97 Å². The molecule has 106 valence electrons. The van der Waals surface area contributed by atoms with Gasteiger partial charge in [0.15, 0.2) is 6.29 Å². The number of aliphatic hydroxyl groups excluding tert-OH is 1. The summed E-state index contributed by atoms with van der Waals surface area (Å²) in [6, 6.07) is 0. The van der Waals surface area contributed by atoms with Crippen LogP contribution in [-0.4, -0.2) is 84.6 Å². The number of nitrogens with zero attached hydrogens (tertiary/aromatic N) is 1. The maximum atomic E-state index is 10.6. The molecule has 0 fully saturated rings. The van der Waals surface area contributed by atoms with E-state index in [9.17, 15) is 9.59 Å². The number of rotatable bonds is 12. The molecular formula is C10H21N3O5. The molecule has 0 bridgehead atoms. The number of carbonyl (C=O) groups excluding carboxylic acids is 1. The van der Waals surface area contributed by atoms with Gasteiger partial charge in [-0.2, -0.15) is 0 Å². The molecule has 0 aliphatic heterocycles. The Kier molecular flexibility index (Phi) is 10.4. The summed E-state index contributed by atoms with van der Waals surface area (Å²) in [5.74, 6) is -0.924. The van der Waals surface area contributed by atoms with Crippen LogP contribution in [0.4, 0.5) is 0 Å². The van der Waals surface area contributed by atoms with E-state index in [1.54, 1.807) is 4.90 Å². The van der Waals surface area contributed by atoms with Crippen LogP contribution in [0.5, 0.6) is 0 Å². The molecule has 0 radical (unpaired) electrons. The molecule has 18 heavy (non-hydrogen) atoms. The molecule has 0 aliphatic rings. The number of aldehydes is 1. The predicted octanol–water partition coefficient (Wildman–Crippen LogP) is -2.94. The normalized spacial score (nSPS) is 11.1. The fourth-order valence-corrected chi connectivity index (χ4v) is 1.33. The highest BCUT2D eigenvalue weighted by Gasteiger charge is 2.08. The van der Waals surface area contributed by atoms with Gasteiger partial charge in [-0.25, -0.2) is 0 Å². The largest absolute Gasteiger partial charge is 0.480 e. The highest BCUT2D eigenvalue weighted by Crippen LogP contribution is 1.86. The quantitative estimate of drug-likeness (QED) is 0.144. The summed E-state index contributed by atoms with van der Waals surface area (Å²) in [6.45, 7) is 2.16. The first-order chi connectivity index (χ1) is 8.56. The molecule has 0 rings (SSSR count). The molecule has 0 spiro atoms. The van der Waals surface area contributed by atoms with Crippen molar-refractivity contribution in [3.63, 3.8) is 0 Å². The van der Waals surface area contributed by atoms with Crippen molar-refractivity contribution >= 4 is 12.3 Å². The summed E-state index contributed by atoms with van der Waals surface area (Å²) in [6.07, 6.45) is -0.668. The minimum atomic E-state index is -1.41. The second-order valence-corrected chi connectivity index (χ2v) is 3.73. The fourth-order valence-electron chi connectivity index (χ4n) is 1.33. The molecule has 8 heteroatoms. The Labute approximate surface area is 106 Å². The van der Waals surface area contributed by atoms with Gasteiger partial charge in [-0.15, -0.1) is 0 Å². The third-order valence-corrected chi connectivity index (χ3v) is 2.12. The Balaban J connectivity index is 3.76. The average molecular weight is 263 g/mol. The average Bonchev–Trinajstić information content (AvgIpc) is 2.28. The Bertz CT molecular complexity index is 238. The Morgan fingerprint density at radius 3 is 2.33 bits per heavy atom. The van der Waals surface area contributed by atoms with Crippen LogP contribution in [0.25, 0.3) is 0 Å². The van der Waals surface area contributed by atoms with Crippen LogP contribution in [0.15, 0.2) is 0 Å². The number of aliphatic hydroxyl groups is 2. The number of carbonyl (C=O) groups is 2. The van der Waals surface area contributed by atoms with Crippen LogP contribution in [0.2, 0.25) is 0 Å². The highest BCUT2D eigenvalue weighted by molar-refractivity contribution is 5.69. The smallest absolute Gasteiger partial charge is 0.317 e. The van der Waals surface area contributed by atoms with Gasteiger partial charge in [-0.3, -0.25) is 9.69 Å². The first kappa shape index (κ1) is 16.9. The lowest BCUT2D eigenvalue weighted by Gasteiger charge is -2.20. The lowest BCUT2D eigenvalue weighted by atomic mass is 10.4. The molecular weight excluding hydrogens is 242 g/mol. The van der Waals surface area contributed by atoms with E-state index >= 15 is 0 Å². The van der Waals surface area contributed by atoms with Crippen molar-refractivity contribution in [3.8, 4) is 0 Å². The summed E-state index contributed by atoms with van der Waals surface area (Å²) in [4.78, 5) is 22.4. The topological polar surface area (TPSA) is 122 Å². The summed E-state index contributed by atoms with van der Waals surface area (Å²) in [5.41, 5.74) is 0. The van der Waals surface area contributed by atoms with Crippen LogP contribution in [0.3, 0.4) is 0 Å². The number of aliphatic carboxylic acids is 1. The summed E-state index contributed by atoms with van der Waals surface area (Å²) >= 11 is 0. The number of hydrogen-bond acceptors (Lipinski definition) is 7. The lowest BCUT2D eigenvalue weighted by molar-refractivity contribution is -0.138. The number of nitrogens with one attached hydrogen (secondary N) is 2. The van der Waals surface area contributed by atoms with Gasteiger partial charge in [0.2, 0.25) is 0 Å². The standard InChI is InChI=1S/C10H21N3O5/c14-6-3-11-1-4-13(8-10(17)18)5-2-12-7-9(15)16/h6,9,11-12,15-16H,1-5,7-8H2,(H,17,18). The van der Waals surface area contributed by atoms with E-state index in [0.717, 1.165) is 6.29 Å². The van der Waals surface area contributed by atoms with E-state index in [2.05, 4.69) is 10.6 Å². The molecule has 0 saturated carbocycles. The molecule has 8 nitrogen and oxygen atoms in total. The molecule has 0 heterocycles. The Morgan fingerprint density at radius 2 is 1.83 bits per heavy atom. The monoisotopic (exact) mass is 263 g/mol. The zero-order valence-corrected chi connectivity index (χ0v) is 10.2. The SMILES string of the molecule is O=CCNCCN(CCNCC(O)O)CC(=O)O. The second kappa shape index (κ2) is 11.1. The van der Waals surface area contributed by atoms with Crippen LogP contribution in [-0.2, 0) is 9.59 Å². The molecule has 0 atom stereocenters. The zero-order chi connectivity index (χ0) is 13.8. The van der Waals surface area contributed by atoms with Crippen molar-refractivity contribution in [1.82, 2.24) is 15.5 Å². The molecule has 5 N–H and O–H groups in total. The summed E-state index contributed by atoms with van der Waals surface area (Å²) in [7, 11) is 0. The van der Waals surface area contributed by atoms with Crippen LogP contribution in [0, 0.1) is 0 Å². The molecule has 0 aromatic heterocycles. The predicted molar refractivity (Wildman–Crippen MR) is 64.1 cm³/mol. The van der Waals surface area contributed by atoms with Gasteiger partial charge in [-0.1, -0.05) is 0 Å². The van der Waals surface area contributed by atoms with Crippen LogP contribution < -0.4 is 10.6 Å². The van der Waals surface area contributed by atoms with Crippen molar-refractivity contribution < 1.29 is 24.9 Å². The van der Waals surface area contributed by atoms with Gasteiger partial charge in [0.25, 0.3) is 0 Å². The lowest BCUT2D eigenvalue weighted by Crippen LogP contribution is -2.41. The van der Waals surface area contributed by atoms with Crippen molar-refractivity contribution in [1.29, 1.82) is 0 Å².